The Hall–Kier alpha value is -1.26. The molecule has 0 spiro atoms. The molecule has 0 saturated carbocycles. The molecule has 5 heteroatoms. The Morgan fingerprint density at radius 3 is 2.79 bits per heavy atom. The van der Waals surface area contributed by atoms with Gasteiger partial charge in [0.05, 0.1) is 11.7 Å². The molecule has 1 N–H and O–H groups in total. The Labute approximate surface area is 119 Å². The van der Waals surface area contributed by atoms with Gasteiger partial charge in [0.1, 0.15) is 0 Å². The van der Waals surface area contributed by atoms with Crippen LogP contribution in [0.2, 0.25) is 5.02 Å². The van der Waals surface area contributed by atoms with Gasteiger partial charge in [0.25, 0.3) is 0 Å². The third kappa shape index (κ3) is 2.30. The topological polar surface area (TPSA) is 30.9 Å². The molecule has 0 aliphatic carbocycles. The second-order valence-corrected chi connectivity index (χ2v) is 5.58. The van der Waals surface area contributed by atoms with Crippen LogP contribution in [0.3, 0.4) is 0 Å². The molecule has 102 valence electrons. The van der Waals surface area contributed by atoms with Gasteiger partial charge in [-0.25, -0.2) is 4.99 Å². The van der Waals surface area contributed by atoms with Gasteiger partial charge in [-0.2, -0.15) is 0 Å². The summed E-state index contributed by atoms with van der Waals surface area (Å²) >= 11 is 6.09. The smallest absolute Gasteiger partial charge is 0.202 e. The van der Waals surface area contributed by atoms with E-state index < -0.39 is 0 Å². The molecule has 2 aliphatic rings. The van der Waals surface area contributed by atoms with Gasteiger partial charge in [0.2, 0.25) is 5.96 Å². The maximum Gasteiger partial charge on any atom is 0.202 e. The minimum absolute atomic E-state index is 0.302. The van der Waals surface area contributed by atoms with Gasteiger partial charge < -0.3 is 15.1 Å². The van der Waals surface area contributed by atoms with Crippen LogP contribution in [0.15, 0.2) is 23.2 Å². The van der Waals surface area contributed by atoms with Crippen LogP contribution in [0.25, 0.3) is 0 Å². The molecule has 1 fully saturated rings. The quantitative estimate of drug-likeness (QED) is 0.790. The number of guanidine groups is 1. The lowest BCUT2D eigenvalue weighted by Gasteiger charge is -2.40. The first kappa shape index (κ1) is 12.8. The number of nitrogens with one attached hydrogen (secondary N) is 1. The minimum atomic E-state index is 0.302. The van der Waals surface area contributed by atoms with E-state index in [1.54, 1.807) is 0 Å². The maximum absolute atomic E-state index is 6.09. The second kappa shape index (κ2) is 5.02. The van der Waals surface area contributed by atoms with Crippen molar-refractivity contribution in [3.05, 3.63) is 28.8 Å². The third-order valence-electron chi connectivity index (χ3n) is 3.96. The maximum atomic E-state index is 6.09. The van der Waals surface area contributed by atoms with Crippen LogP contribution in [0, 0.1) is 0 Å². The third-order valence-corrected chi connectivity index (χ3v) is 4.19. The highest BCUT2D eigenvalue weighted by molar-refractivity contribution is 6.30. The van der Waals surface area contributed by atoms with Crippen LogP contribution in [-0.4, -0.2) is 49.0 Å². The van der Waals surface area contributed by atoms with E-state index in [4.69, 9.17) is 16.6 Å². The molecule has 0 bridgehead atoms. The monoisotopic (exact) mass is 278 g/mol. The number of rotatable bonds is 0. The van der Waals surface area contributed by atoms with Crippen LogP contribution in [0.4, 0.5) is 5.69 Å². The van der Waals surface area contributed by atoms with E-state index in [1.165, 1.54) is 5.56 Å². The summed E-state index contributed by atoms with van der Waals surface area (Å²) in [6, 6.07) is 6.26. The number of fused-ring (bicyclic) bond motifs is 1. The zero-order valence-electron chi connectivity index (χ0n) is 11.4. The van der Waals surface area contributed by atoms with Crippen molar-refractivity contribution < 1.29 is 0 Å². The van der Waals surface area contributed by atoms with Gasteiger partial charge in [0.15, 0.2) is 0 Å². The summed E-state index contributed by atoms with van der Waals surface area (Å²) in [7, 11) is 2.11. The number of benzene rings is 1. The predicted molar refractivity (Wildman–Crippen MR) is 79.2 cm³/mol. The molecule has 1 saturated heterocycles. The van der Waals surface area contributed by atoms with E-state index in [2.05, 4.69) is 29.1 Å². The Morgan fingerprint density at radius 2 is 2.05 bits per heavy atom. The number of halogens is 1. The number of hydrogen-bond donors (Lipinski definition) is 1. The fourth-order valence-corrected chi connectivity index (χ4v) is 2.87. The number of aliphatic imine (C=N–C) groups is 1. The lowest BCUT2D eigenvalue weighted by atomic mass is 10.0. The van der Waals surface area contributed by atoms with Crippen LogP contribution in [-0.2, 0) is 0 Å². The molecule has 19 heavy (non-hydrogen) atoms. The van der Waals surface area contributed by atoms with Gasteiger partial charge in [-0.05, 0) is 25.1 Å². The Balaban J connectivity index is 1.98. The van der Waals surface area contributed by atoms with Crippen LogP contribution < -0.4 is 5.32 Å². The number of piperazine rings is 1. The molecular weight excluding hydrogens is 260 g/mol. The Bertz CT molecular complexity index is 508. The van der Waals surface area contributed by atoms with Gasteiger partial charge >= 0.3 is 0 Å². The molecular formula is C14H19ClN4. The molecule has 1 aromatic rings. The van der Waals surface area contributed by atoms with Crippen LogP contribution in [0.5, 0.6) is 0 Å². The molecule has 0 aromatic heterocycles. The predicted octanol–water partition coefficient (Wildman–Crippen LogP) is 2.24. The Morgan fingerprint density at radius 1 is 1.32 bits per heavy atom. The summed E-state index contributed by atoms with van der Waals surface area (Å²) in [6.07, 6.45) is 0. The highest BCUT2D eigenvalue weighted by atomic mass is 35.5. The van der Waals surface area contributed by atoms with E-state index in [-0.39, 0.29) is 0 Å². The van der Waals surface area contributed by atoms with Gasteiger partial charge in [-0.1, -0.05) is 11.6 Å². The average Bonchev–Trinajstić information content (AvgIpc) is 2.44. The van der Waals surface area contributed by atoms with E-state index in [0.717, 1.165) is 42.8 Å². The fourth-order valence-electron chi connectivity index (χ4n) is 2.69. The minimum Gasteiger partial charge on any atom is -0.340 e. The zero-order chi connectivity index (χ0) is 13.4. The number of nitrogens with zero attached hydrogens (tertiary/aromatic N) is 3. The lowest BCUT2D eigenvalue weighted by Crippen LogP contribution is -2.52. The largest absolute Gasteiger partial charge is 0.340 e. The molecule has 1 unspecified atom stereocenters. The van der Waals surface area contributed by atoms with Gasteiger partial charge in [-0.3, -0.25) is 0 Å². The SMILES string of the molecule is CC1c2cc(Cl)ccc2N=C(N2CCNCC2)N1C. The summed E-state index contributed by atoms with van der Waals surface area (Å²) in [5, 5.41) is 4.15. The summed E-state index contributed by atoms with van der Waals surface area (Å²) < 4.78 is 0. The van der Waals surface area contributed by atoms with Crippen molar-refractivity contribution in [1.82, 2.24) is 15.1 Å². The first-order chi connectivity index (χ1) is 9.16. The standard InChI is InChI=1S/C14H19ClN4/c1-10-12-9-11(15)3-4-13(12)17-14(18(10)2)19-7-5-16-6-8-19/h3-4,9-10,16H,5-8H2,1-2H3. The second-order valence-electron chi connectivity index (χ2n) is 5.14. The van der Waals surface area contributed by atoms with Gasteiger partial charge in [0, 0.05) is 43.8 Å². The van der Waals surface area contributed by atoms with Crippen molar-refractivity contribution in [2.75, 3.05) is 33.2 Å². The highest BCUT2D eigenvalue weighted by Crippen LogP contribution is 2.36. The van der Waals surface area contributed by atoms with Crippen molar-refractivity contribution in [3.63, 3.8) is 0 Å². The molecule has 1 atom stereocenters. The highest BCUT2D eigenvalue weighted by Gasteiger charge is 2.28. The van der Waals surface area contributed by atoms with E-state index in [0.29, 0.717) is 6.04 Å². The van der Waals surface area contributed by atoms with Crippen LogP contribution >= 0.6 is 11.6 Å². The molecule has 1 aromatic carbocycles. The zero-order valence-corrected chi connectivity index (χ0v) is 12.1. The van der Waals surface area contributed by atoms with Crippen molar-refractivity contribution in [2.24, 2.45) is 4.99 Å². The van der Waals surface area contributed by atoms with E-state index in [1.807, 2.05) is 18.2 Å². The molecule has 0 radical (unpaired) electrons. The summed E-state index contributed by atoms with van der Waals surface area (Å²) in [6.45, 7) is 6.27. The summed E-state index contributed by atoms with van der Waals surface area (Å²) in [4.78, 5) is 9.42. The van der Waals surface area contributed by atoms with Gasteiger partial charge in [-0.15, -0.1) is 0 Å². The molecule has 3 rings (SSSR count). The van der Waals surface area contributed by atoms with Crippen molar-refractivity contribution in [3.8, 4) is 0 Å². The van der Waals surface area contributed by atoms with Crippen molar-refractivity contribution in [2.45, 2.75) is 13.0 Å². The van der Waals surface area contributed by atoms with Crippen molar-refractivity contribution >= 4 is 23.2 Å². The first-order valence-electron chi connectivity index (χ1n) is 6.73. The molecule has 2 aliphatic heterocycles. The number of hydrogen-bond acceptors (Lipinski definition) is 4. The molecule has 4 nitrogen and oxygen atoms in total. The van der Waals surface area contributed by atoms with E-state index >= 15 is 0 Å². The lowest BCUT2D eigenvalue weighted by molar-refractivity contribution is 0.279. The molecule has 0 amide bonds. The normalized spacial score (nSPS) is 23.1. The Kier molecular flexibility index (Phi) is 3.37. The summed E-state index contributed by atoms with van der Waals surface area (Å²) in [5.41, 5.74) is 2.25. The molecule has 2 heterocycles. The summed E-state index contributed by atoms with van der Waals surface area (Å²) in [5.74, 6) is 1.07. The van der Waals surface area contributed by atoms with E-state index in [9.17, 15) is 0 Å². The van der Waals surface area contributed by atoms with Crippen LogP contribution in [0.1, 0.15) is 18.5 Å². The average molecular weight is 279 g/mol. The first-order valence-corrected chi connectivity index (χ1v) is 7.11. The fraction of sp³-hybridized carbons (Fsp3) is 0.500. The van der Waals surface area contributed by atoms with Crippen molar-refractivity contribution in [1.29, 1.82) is 0 Å².